The number of hydrogen-bond donors (Lipinski definition) is 13. The fraction of sp³-hybridized carbons (Fsp3) is 0.508. The summed E-state index contributed by atoms with van der Waals surface area (Å²) in [7, 11) is -27.0. The van der Waals surface area contributed by atoms with E-state index in [9.17, 15) is 62.3 Å². The number of aliphatic hydroxyl groups excluding tert-OH is 2. The summed E-state index contributed by atoms with van der Waals surface area (Å²) in [6, 6.07) is 1.32. The van der Waals surface area contributed by atoms with Gasteiger partial charge in [0.15, 0.2) is 57.3 Å². The van der Waals surface area contributed by atoms with E-state index < -0.39 is 208 Å². The van der Waals surface area contributed by atoms with Crippen molar-refractivity contribution in [1.82, 2.24) is 107 Å². The molecule has 17 rings (SSSR count). The van der Waals surface area contributed by atoms with Crippen LogP contribution in [0.4, 0.5) is 34.9 Å². The third kappa shape index (κ3) is 17.7. The normalized spacial score (nSPS) is 29.6. The summed E-state index contributed by atoms with van der Waals surface area (Å²) in [5.74, 6) is -0.137. The molecule has 0 bridgehead atoms. The fourth-order valence-corrected chi connectivity index (χ4v) is 19.4. The van der Waals surface area contributed by atoms with Crippen molar-refractivity contribution in [3.63, 3.8) is 0 Å². The molecule has 62 heteroatoms. The van der Waals surface area contributed by atoms with Gasteiger partial charge in [0, 0.05) is 44.7 Å². The molecule has 0 radical (unpaired) electrons. The van der Waals surface area contributed by atoms with Crippen LogP contribution in [0, 0.1) is 0 Å². The molecule has 11 aromatic heterocycles. The first-order valence-corrected chi connectivity index (χ1v) is 43.8. The number of rotatable bonds is 32. The van der Waals surface area contributed by atoms with E-state index in [-0.39, 0.29) is 116 Å². The maximum atomic E-state index is 14.6. The van der Waals surface area contributed by atoms with Crippen molar-refractivity contribution < 1.29 is 131 Å². The first-order chi connectivity index (χ1) is 57.8. The van der Waals surface area contributed by atoms with E-state index in [0.717, 1.165) is 29.9 Å². The third-order valence-electron chi connectivity index (χ3n) is 20.3. The average molecular weight is 1790 g/mol. The van der Waals surface area contributed by atoms with Crippen molar-refractivity contribution in [3.8, 4) is 0 Å². The van der Waals surface area contributed by atoms with E-state index in [2.05, 4.69) is 79.7 Å². The first kappa shape index (κ1) is 83.9. The van der Waals surface area contributed by atoms with Crippen LogP contribution in [0.5, 0.6) is 0 Å². The van der Waals surface area contributed by atoms with Crippen molar-refractivity contribution >= 4 is 130 Å². The van der Waals surface area contributed by atoms with Crippen LogP contribution < -0.4 is 40.1 Å². The van der Waals surface area contributed by atoms with E-state index in [1.165, 1.54) is 73.1 Å². The number of ether oxygens (including phenoxy) is 6. The average Bonchev–Trinajstić information content (AvgIpc) is 1.65. The van der Waals surface area contributed by atoms with Gasteiger partial charge in [-0.2, -0.15) is 4.98 Å². The number of phosphoric ester groups is 5. The van der Waals surface area contributed by atoms with Crippen LogP contribution in [0.1, 0.15) is 75.9 Å². The minimum atomic E-state index is -5.54. The Morgan fingerprint density at radius 3 is 0.851 bits per heavy atom. The Bertz CT molecular complexity index is 6020. The van der Waals surface area contributed by atoms with Crippen LogP contribution in [-0.2, 0) is 96.5 Å². The highest BCUT2D eigenvalue weighted by Gasteiger charge is 2.52. The molecule has 0 spiro atoms. The summed E-state index contributed by atoms with van der Waals surface area (Å²) in [6.45, 7) is -5.32. The Morgan fingerprint density at radius 1 is 0.347 bits per heavy atom. The van der Waals surface area contributed by atoms with Crippen molar-refractivity contribution in [2.45, 2.75) is 149 Å². The molecule has 0 saturated carbocycles. The van der Waals surface area contributed by atoms with Crippen LogP contribution in [0.3, 0.4) is 0 Å². The van der Waals surface area contributed by atoms with Crippen LogP contribution in [0.2, 0.25) is 0 Å². The molecule has 5 unspecified atom stereocenters. The van der Waals surface area contributed by atoms with E-state index in [1.54, 1.807) is 0 Å². The summed E-state index contributed by atoms with van der Waals surface area (Å²) in [5.41, 5.74) is 36.6. The van der Waals surface area contributed by atoms with Gasteiger partial charge in [0.25, 0.3) is 0 Å². The van der Waals surface area contributed by atoms with Crippen LogP contribution in [0.15, 0.2) is 80.3 Å². The molecule has 11 aromatic rings. The van der Waals surface area contributed by atoms with Gasteiger partial charge >= 0.3 is 44.8 Å². The van der Waals surface area contributed by atoms with Crippen LogP contribution >= 0.6 is 39.1 Å². The Hall–Kier alpha value is -9.34. The Labute approximate surface area is 674 Å². The number of phosphoric acid groups is 5. The molecule has 6 aliphatic heterocycles. The molecule has 57 nitrogen and oxygen atoms in total. The third-order valence-corrected chi connectivity index (χ3v) is 25.4. The number of fused-ring (bicyclic) bond motifs is 5. The second-order valence-electron chi connectivity index (χ2n) is 27.9. The van der Waals surface area contributed by atoms with Gasteiger partial charge < -0.3 is 97.5 Å². The maximum Gasteiger partial charge on any atom is 0.472 e. The van der Waals surface area contributed by atoms with Gasteiger partial charge in [0.1, 0.15) is 170 Å². The largest absolute Gasteiger partial charge is 0.472 e. The summed E-state index contributed by atoms with van der Waals surface area (Å²) in [4.78, 5) is 136. The van der Waals surface area contributed by atoms with Crippen LogP contribution in [0.25, 0.3) is 55.8 Å². The molecule has 0 aromatic carbocycles. The number of hydrogen-bond acceptors (Lipinski definition) is 46. The highest BCUT2D eigenvalue weighted by molar-refractivity contribution is 7.48. The van der Waals surface area contributed by atoms with Crippen molar-refractivity contribution in [2.24, 2.45) is 0 Å². The molecule has 0 amide bonds. The van der Waals surface area contributed by atoms with Crippen LogP contribution in [-0.4, -0.2) is 255 Å². The van der Waals surface area contributed by atoms with Crippen molar-refractivity contribution in [1.29, 1.82) is 0 Å². The first-order valence-electron chi connectivity index (χ1n) is 36.3. The standard InChI is InChI=1S/C59H73N28O29P5/c60-37-1-2-82(59(90)81-37)38-3-25(89)32(107-38)10-101-117(91,92)113-27-5-40(84-21-77-45-50(62)67-16-72-55(45)84)109-34(27)12-103-119(95,96)115-29-7-42(86-23-79-47-52(64)69-18-74-57(47)86)111-36(29)14-105-121(99,100)116-30-8-43(87-24-80-48-53(65)70-19-75-58(48)87)110-35(30)13-104-120(97,98)114-28-6-41(85-22-78-46-51(63)68-17-73-56(46)85)108-33(28)11-102-118(93,94)112-26-4-39(106-31(26)9-88)83-20-76-44-49(61)66-15-71-54(44)83/h1-2,15-36,38-43,88-89H,3-14H2,(H,91,92)(H,93,94)(H,95,96)(H,97,98)(H,99,100)(H2,60,81,90)(H2,61,66,71)(H2,62,67,72)(H2,63,68,73)(H2,64,69,74)(H2,65,70,75)/t25-,26-,27-,28-,29-,30-,31+,32+,33+,34+,35+,36+,38+,39+,40+,41+,42+,43+/m0/s1. The molecule has 17 heterocycles. The molecular formula is C59H73N28O29P5. The Balaban J connectivity index is 0.585. The number of imidazole rings is 5. The lowest BCUT2D eigenvalue weighted by Gasteiger charge is -2.26. The zero-order valence-electron chi connectivity index (χ0n) is 62.0. The molecular weight excluding hydrogens is 1720 g/mol. The smallest absolute Gasteiger partial charge is 0.394 e. The Morgan fingerprint density at radius 2 is 0.587 bits per heavy atom. The second-order valence-corrected chi connectivity index (χ2v) is 35.0. The highest BCUT2D eigenvalue weighted by atomic mass is 31.2. The Kier molecular flexibility index (Phi) is 23.1. The van der Waals surface area contributed by atoms with Crippen molar-refractivity contribution in [2.75, 3.05) is 74.0 Å². The SMILES string of the molecule is Nc1ccn([C@H]2C[C@H](O)[C@@H](COP(=O)(O)O[C@H]3C[C@H](n4cnc5c(N)ncnc54)O[C@@H]3COP(=O)(O)O[C@H]3C[C@H](n4cnc5c(N)ncnc54)O[C@@H]3COP(=O)(O)O[C@H]3C[C@H](n4cnc5c(N)ncnc54)O[C@@H]3COP(=O)(O)O[C@H]3C[C@H](n4cnc5c(N)ncnc54)O[C@@H]3COP(=O)(O)O[C@H]3C[C@H](n4cnc5c(N)ncnc54)O[C@@H]3CO)O2)c(=O)n1. The van der Waals surface area contributed by atoms with Gasteiger partial charge in [-0.05, 0) is 6.07 Å². The molecule has 23 atom stereocenters. The van der Waals surface area contributed by atoms with E-state index in [0.29, 0.717) is 0 Å². The fourth-order valence-electron chi connectivity index (χ4n) is 14.6. The van der Waals surface area contributed by atoms with Gasteiger partial charge in [-0.15, -0.1) is 0 Å². The lowest BCUT2D eigenvalue weighted by molar-refractivity contribution is -0.0640. The number of aromatic nitrogens is 22. The minimum absolute atomic E-state index is 0.0179. The molecule has 648 valence electrons. The summed E-state index contributed by atoms with van der Waals surface area (Å²) in [5, 5.41) is 21.2. The van der Waals surface area contributed by atoms with Gasteiger partial charge in [-0.3, -0.25) is 72.6 Å². The lowest BCUT2D eigenvalue weighted by Crippen LogP contribution is -2.32. The topological polar surface area (TPSA) is 784 Å². The zero-order chi connectivity index (χ0) is 84.8. The minimum Gasteiger partial charge on any atom is -0.394 e. The predicted octanol–water partition coefficient (Wildman–Crippen LogP) is -0.475. The lowest BCUT2D eigenvalue weighted by atomic mass is 10.2. The summed E-state index contributed by atoms with van der Waals surface area (Å²) < 4.78 is 173. The second kappa shape index (κ2) is 33.4. The van der Waals surface area contributed by atoms with Crippen molar-refractivity contribution in [3.05, 3.63) is 86.0 Å². The summed E-state index contributed by atoms with van der Waals surface area (Å²) in [6.07, 6.45) is -13.3. The monoisotopic (exact) mass is 1790 g/mol. The number of nitrogens with two attached hydrogens (primary N) is 6. The van der Waals surface area contributed by atoms with E-state index in [4.69, 9.17) is 108 Å². The molecule has 0 aliphatic carbocycles. The highest BCUT2D eigenvalue weighted by Crippen LogP contribution is 2.57. The molecule has 19 N–H and O–H groups in total. The van der Waals surface area contributed by atoms with Gasteiger partial charge in [-0.25, -0.2) is 102 Å². The number of anilines is 6. The van der Waals surface area contributed by atoms with Gasteiger partial charge in [-0.1, -0.05) is 0 Å². The summed E-state index contributed by atoms with van der Waals surface area (Å²) >= 11 is 0. The zero-order valence-corrected chi connectivity index (χ0v) is 66.4. The number of nitrogens with zero attached hydrogens (tertiary/aromatic N) is 22. The van der Waals surface area contributed by atoms with Gasteiger partial charge in [0.2, 0.25) is 0 Å². The van der Waals surface area contributed by atoms with Gasteiger partial charge in [0.05, 0.1) is 77.4 Å². The maximum absolute atomic E-state index is 14.6. The molecule has 121 heavy (non-hydrogen) atoms. The number of aliphatic hydroxyl groups is 2. The molecule has 6 aliphatic rings. The van der Waals surface area contributed by atoms with E-state index >= 15 is 0 Å². The quantitative estimate of drug-likeness (QED) is 0.0237. The van der Waals surface area contributed by atoms with E-state index in [1.807, 2.05) is 0 Å². The predicted molar refractivity (Wildman–Crippen MR) is 399 cm³/mol. The number of nitrogen functional groups attached to an aromatic ring is 6. The molecule has 6 saturated heterocycles. The molecule has 6 fully saturated rings.